The van der Waals surface area contributed by atoms with Crippen molar-refractivity contribution in [3.05, 3.63) is 59.2 Å². The van der Waals surface area contributed by atoms with Gasteiger partial charge in [0.1, 0.15) is 5.75 Å². The Bertz CT molecular complexity index is 756. The first-order chi connectivity index (χ1) is 12.2. The van der Waals surface area contributed by atoms with Gasteiger partial charge in [-0.1, -0.05) is 18.2 Å². The van der Waals surface area contributed by atoms with Crippen LogP contribution >= 0.6 is 0 Å². The van der Waals surface area contributed by atoms with Gasteiger partial charge in [-0.25, -0.2) is 0 Å². The average molecular weight is 366 g/mol. The highest BCUT2D eigenvalue weighted by Gasteiger charge is 2.30. The molecule has 0 saturated heterocycles. The van der Waals surface area contributed by atoms with Crippen molar-refractivity contribution in [1.29, 1.82) is 0 Å². The first-order valence-corrected chi connectivity index (χ1v) is 8.06. The molecule has 0 bridgehead atoms. The molecule has 2 aromatic rings. The number of anilines is 1. The van der Waals surface area contributed by atoms with E-state index >= 15 is 0 Å². The summed E-state index contributed by atoms with van der Waals surface area (Å²) in [6, 6.07) is 11.3. The summed E-state index contributed by atoms with van der Waals surface area (Å²) in [5.74, 6) is -0.312. The van der Waals surface area contributed by atoms with Crippen molar-refractivity contribution in [2.45, 2.75) is 19.7 Å². The summed E-state index contributed by atoms with van der Waals surface area (Å²) in [4.78, 5) is 13.6. The minimum atomic E-state index is -4.68. The van der Waals surface area contributed by atoms with Gasteiger partial charge in [-0.15, -0.1) is 13.2 Å². The van der Waals surface area contributed by atoms with Crippen LogP contribution in [0, 0.1) is 6.92 Å². The lowest BCUT2D eigenvalue weighted by Gasteiger charge is -2.14. The Labute approximate surface area is 150 Å². The number of amides is 1. The highest BCUT2D eigenvalue weighted by atomic mass is 19.4. The fourth-order valence-electron chi connectivity index (χ4n) is 2.40. The molecule has 140 valence electrons. The SMILES string of the molecule is Cc1ccc(C(=O)N(C)C)cc1NCCc1ccc(OC(F)(F)F)cc1. The summed E-state index contributed by atoms with van der Waals surface area (Å²) in [6.45, 7) is 2.52. The summed E-state index contributed by atoms with van der Waals surface area (Å²) in [5.41, 5.74) is 3.34. The predicted octanol–water partition coefficient (Wildman–Crippen LogP) is 4.25. The van der Waals surface area contributed by atoms with E-state index in [0.29, 0.717) is 18.5 Å². The molecule has 0 aliphatic heterocycles. The molecule has 2 aromatic carbocycles. The van der Waals surface area contributed by atoms with Crippen LogP contribution in [0.1, 0.15) is 21.5 Å². The average Bonchev–Trinajstić information content (AvgIpc) is 2.56. The van der Waals surface area contributed by atoms with E-state index in [0.717, 1.165) is 16.8 Å². The zero-order chi connectivity index (χ0) is 19.3. The molecule has 4 nitrogen and oxygen atoms in total. The highest BCUT2D eigenvalue weighted by molar-refractivity contribution is 5.95. The van der Waals surface area contributed by atoms with Gasteiger partial charge >= 0.3 is 6.36 Å². The molecule has 26 heavy (non-hydrogen) atoms. The Morgan fingerprint density at radius 2 is 1.77 bits per heavy atom. The van der Waals surface area contributed by atoms with E-state index < -0.39 is 6.36 Å². The Kier molecular flexibility index (Phi) is 6.13. The van der Waals surface area contributed by atoms with E-state index in [4.69, 9.17) is 0 Å². The largest absolute Gasteiger partial charge is 0.573 e. The van der Waals surface area contributed by atoms with E-state index in [2.05, 4.69) is 10.1 Å². The molecule has 0 aliphatic rings. The standard InChI is InChI=1S/C19H21F3N2O2/c1-13-4-7-15(18(25)24(2)3)12-17(13)23-11-10-14-5-8-16(9-6-14)26-19(20,21)22/h4-9,12,23H,10-11H2,1-3H3. The minimum Gasteiger partial charge on any atom is -0.406 e. The van der Waals surface area contributed by atoms with E-state index in [9.17, 15) is 18.0 Å². The van der Waals surface area contributed by atoms with Crippen LogP contribution in [-0.2, 0) is 6.42 Å². The molecule has 0 saturated carbocycles. The quantitative estimate of drug-likeness (QED) is 0.831. The van der Waals surface area contributed by atoms with Crippen LogP contribution in [0.5, 0.6) is 5.75 Å². The van der Waals surface area contributed by atoms with Gasteiger partial charge < -0.3 is 15.0 Å². The molecular formula is C19H21F3N2O2. The Morgan fingerprint density at radius 1 is 1.12 bits per heavy atom. The summed E-state index contributed by atoms with van der Waals surface area (Å²) < 4.78 is 40.3. The second-order valence-electron chi connectivity index (χ2n) is 6.10. The molecule has 0 aromatic heterocycles. The monoisotopic (exact) mass is 366 g/mol. The molecule has 0 spiro atoms. The maximum absolute atomic E-state index is 12.2. The summed E-state index contributed by atoms with van der Waals surface area (Å²) in [7, 11) is 3.39. The van der Waals surface area contributed by atoms with E-state index in [1.807, 2.05) is 13.0 Å². The van der Waals surface area contributed by atoms with Gasteiger partial charge in [-0.2, -0.15) is 0 Å². The third kappa shape index (κ3) is 5.68. The molecule has 7 heteroatoms. The van der Waals surface area contributed by atoms with E-state index in [-0.39, 0.29) is 11.7 Å². The fraction of sp³-hybridized carbons (Fsp3) is 0.316. The van der Waals surface area contributed by atoms with E-state index in [1.54, 1.807) is 38.4 Å². The van der Waals surface area contributed by atoms with Crippen molar-refractivity contribution >= 4 is 11.6 Å². The topological polar surface area (TPSA) is 41.6 Å². The molecule has 0 heterocycles. The number of hydrogen-bond acceptors (Lipinski definition) is 3. The Hall–Kier alpha value is -2.70. The van der Waals surface area contributed by atoms with Gasteiger partial charge in [0, 0.05) is 31.9 Å². The van der Waals surface area contributed by atoms with Crippen molar-refractivity contribution in [3.63, 3.8) is 0 Å². The lowest BCUT2D eigenvalue weighted by molar-refractivity contribution is -0.274. The number of benzene rings is 2. The molecule has 0 fully saturated rings. The van der Waals surface area contributed by atoms with E-state index in [1.165, 1.54) is 17.0 Å². The van der Waals surface area contributed by atoms with Gasteiger partial charge in [0.05, 0.1) is 0 Å². The number of ether oxygens (including phenoxy) is 1. The fourth-order valence-corrected chi connectivity index (χ4v) is 2.40. The van der Waals surface area contributed by atoms with Crippen LogP contribution in [0.15, 0.2) is 42.5 Å². The number of rotatable bonds is 6. The van der Waals surface area contributed by atoms with Crippen LogP contribution in [0.4, 0.5) is 18.9 Å². The molecule has 1 amide bonds. The van der Waals surface area contributed by atoms with Crippen molar-refractivity contribution in [2.75, 3.05) is 26.0 Å². The third-order valence-corrected chi connectivity index (χ3v) is 3.78. The van der Waals surface area contributed by atoms with Gasteiger partial charge in [0.25, 0.3) is 5.91 Å². The van der Waals surface area contributed by atoms with Crippen LogP contribution < -0.4 is 10.1 Å². The van der Waals surface area contributed by atoms with Crippen molar-refractivity contribution in [2.24, 2.45) is 0 Å². The Balaban J connectivity index is 1.95. The van der Waals surface area contributed by atoms with Crippen LogP contribution in [0.2, 0.25) is 0 Å². The maximum Gasteiger partial charge on any atom is 0.573 e. The van der Waals surface area contributed by atoms with Crippen LogP contribution in [-0.4, -0.2) is 37.8 Å². The molecule has 1 N–H and O–H groups in total. The van der Waals surface area contributed by atoms with Crippen molar-refractivity contribution < 1.29 is 22.7 Å². The normalized spacial score (nSPS) is 11.2. The van der Waals surface area contributed by atoms with Crippen LogP contribution in [0.25, 0.3) is 0 Å². The number of carbonyl (C=O) groups excluding carboxylic acids is 1. The van der Waals surface area contributed by atoms with Gasteiger partial charge in [-0.3, -0.25) is 4.79 Å². The number of nitrogens with zero attached hydrogens (tertiary/aromatic N) is 1. The second-order valence-corrected chi connectivity index (χ2v) is 6.10. The zero-order valence-corrected chi connectivity index (χ0v) is 14.9. The minimum absolute atomic E-state index is 0.0756. The molecule has 0 unspecified atom stereocenters. The summed E-state index contributed by atoms with van der Waals surface area (Å²) in [5, 5.41) is 3.27. The summed E-state index contributed by atoms with van der Waals surface area (Å²) >= 11 is 0. The molecule has 0 aliphatic carbocycles. The number of carbonyl (C=O) groups is 1. The number of nitrogens with one attached hydrogen (secondary N) is 1. The maximum atomic E-state index is 12.2. The second kappa shape index (κ2) is 8.12. The number of aryl methyl sites for hydroxylation is 1. The lowest BCUT2D eigenvalue weighted by atomic mass is 10.1. The van der Waals surface area contributed by atoms with Crippen molar-refractivity contribution in [3.8, 4) is 5.75 Å². The molecular weight excluding hydrogens is 345 g/mol. The number of hydrogen-bond donors (Lipinski definition) is 1. The lowest BCUT2D eigenvalue weighted by Crippen LogP contribution is -2.21. The molecule has 0 atom stereocenters. The highest BCUT2D eigenvalue weighted by Crippen LogP contribution is 2.23. The first-order valence-electron chi connectivity index (χ1n) is 8.06. The number of halogens is 3. The van der Waals surface area contributed by atoms with Gasteiger partial charge in [-0.05, 0) is 48.7 Å². The van der Waals surface area contributed by atoms with Crippen molar-refractivity contribution in [1.82, 2.24) is 4.90 Å². The summed E-state index contributed by atoms with van der Waals surface area (Å²) in [6.07, 6.45) is -4.06. The molecule has 2 rings (SSSR count). The predicted molar refractivity (Wildman–Crippen MR) is 94.5 cm³/mol. The zero-order valence-electron chi connectivity index (χ0n) is 14.9. The Morgan fingerprint density at radius 3 is 2.35 bits per heavy atom. The third-order valence-electron chi connectivity index (χ3n) is 3.78. The number of alkyl halides is 3. The first kappa shape index (κ1) is 19.6. The molecule has 0 radical (unpaired) electrons. The van der Waals surface area contributed by atoms with Gasteiger partial charge in [0.2, 0.25) is 0 Å². The smallest absolute Gasteiger partial charge is 0.406 e. The van der Waals surface area contributed by atoms with Crippen LogP contribution in [0.3, 0.4) is 0 Å². The van der Waals surface area contributed by atoms with Gasteiger partial charge in [0.15, 0.2) is 0 Å².